The van der Waals surface area contributed by atoms with Gasteiger partial charge in [-0.1, -0.05) is 78.1 Å². The van der Waals surface area contributed by atoms with E-state index in [4.69, 9.17) is 14.3 Å². The topological polar surface area (TPSA) is 153 Å². The predicted molar refractivity (Wildman–Crippen MR) is 70.9 cm³/mol. The Morgan fingerprint density at radius 2 is 0.789 bits per heavy atom. The maximum atomic E-state index is 8.65. The van der Waals surface area contributed by atoms with E-state index in [0.717, 1.165) is 0 Å². The van der Waals surface area contributed by atoms with Gasteiger partial charge in [-0.25, -0.2) is 0 Å². The molecule has 0 amide bonds. The summed E-state index contributed by atoms with van der Waals surface area (Å²) in [5.41, 5.74) is 0. The first-order valence-corrected chi connectivity index (χ1v) is 11.4. The summed E-state index contributed by atoms with van der Waals surface area (Å²) in [4.78, 5) is 0. The van der Waals surface area contributed by atoms with Gasteiger partial charge in [0.05, 0.1) is 0 Å². The van der Waals surface area contributed by atoms with Gasteiger partial charge in [0.15, 0.2) is 0 Å². The van der Waals surface area contributed by atoms with Crippen molar-refractivity contribution in [2.75, 3.05) is 0 Å². The Morgan fingerprint density at radius 3 is 0.947 bits per heavy atom. The van der Waals surface area contributed by atoms with Crippen LogP contribution in [-0.4, -0.2) is 0 Å². The number of rotatable bonds is 9. The number of quaternary nitrogens is 2. The quantitative estimate of drug-likeness (QED) is 0.514. The molecule has 0 unspecified atom stereocenters. The van der Waals surface area contributed by atoms with Crippen LogP contribution in [0.4, 0.5) is 0 Å². The van der Waals surface area contributed by atoms with Gasteiger partial charge in [-0.3, -0.25) is 0 Å². The average molecular weight is 454 g/mol. The van der Waals surface area contributed by atoms with Gasteiger partial charge in [-0.15, -0.1) is 0 Å². The molecular weight excluding hydrogens is 420 g/mol. The van der Waals surface area contributed by atoms with E-state index in [2.05, 4.69) is 13.8 Å². The standard InChI is InChI=1S/C12H26.2H3N.4O.W/c1-3-5-7-9-11-12-10-8-6-4-2;;;;;;;/h3-12H2,1-2H3;2*1H3;;;;;/q;;;;;2*-1;/p+2. The zero-order chi connectivity index (χ0) is 13.6. The summed E-state index contributed by atoms with van der Waals surface area (Å²) in [5.74, 6) is 0. The van der Waals surface area contributed by atoms with E-state index in [0.29, 0.717) is 0 Å². The Hall–Kier alpha value is 0.128. The summed E-state index contributed by atoms with van der Waals surface area (Å²) in [5, 5.41) is 0. The van der Waals surface area contributed by atoms with Gasteiger partial charge in [0.1, 0.15) is 0 Å². The molecule has 0 rings (SSSR count). The molecule has 0 heterocycles. The van der Waals surface area contributed by atoms with Gasteiger partial charge in [-0.2, -0.15) is 0 Å². The van der Waals surface area contributed by atoms with Crippen LogP contribution in [0.25, 0.3) is 0 Å². The monoisotopic (exact) mass is 454 g/mol. The molecule has 6 nitrogen and oxygen atoms in total. The van der Waals surface area contributed by atoms with Crippen molar-refractivity contribution in [2.45, 2.75) is 78.1 Å². The molecule has 0 aliphatic carbocycles. The third kappa shape index (κ3) is 56.6. The van der Waals surface area contributed by atoms with Gasteiger partial charge in [0.25, 0.3) is 0 Å². The molecule has 8 N–H and O–H groups in total. The van der Waals surface area contributed by atoms with Gasteiger partial charge in [-0.05, 0) is 0 Å². The minimum atomic E-state index is -6.17. The second kappa shape index (κ2) is 20.4. The third-order valence-corrected chi connectivity index (χ3v) is 2.46. The van der Waals surface area contributed by atoms with Crippen molar-refractivity contribution in [3.63, 3.8) is 0 Å². The van der Waals surface area contributed by atoms with Crippen molar-refractivity contribution >= 4 is 0 Å². The fraction of sp³-hybridized carbons (Fsp3) is 1.00. The number of unbranched alkanes of at least 4 members (excludes halogenated alkanes) is 9. The van der Waals surface area contributed by atoms with E-state index in [1.807, 2.05) is 0 Å². The molecule has 0 fully saturated rings. The molecule has 0 aliphatic rings. The molecule has 0 saturated heterocycles. The summed E-state index contributed by atoms with van der Waals surface area (Å²) in [6.07, 6.45) is 14.4. The summed E-state index contributed by atoms with van der Waals surface area (Å²) < 4.78 is 34.6. The normalized spacial score (nSPS) is 9.68. The van der Waals surface area contributed by atoms with Crippen LogP contribution < -0.4 is 19.8 Å². The molecule has 0 radical (unpaired) electrons. The van der Waals surface area contributed by atoms with Crippen molar-refractivity contribution < 1.29 is 31.1 Å². The van der Waals surface area contributed by atoms with Crippen LogP contribution in [0.3, 0.4) is 0 Å². The van der Waals surface area contributed by atoms with Crippen LogP contribution in [0, 0.1) is 0 Å². The van der Waals surface area contributed by atoms with Crippen molar-refractivity contribution in [1.29, 1.82) is 0 Å². The fourth-order valence-corrected chi connectivity index (χ4v) is 1.56. The molecule has 0 bridgehead atoms. The van der Waals surface area contributed by atoms with Crippen LogP contribution in [-0.2, 0) is 23.5 Å². The van der Waals surface area contributed by atoms with E-state index in [9.17, 15) is 0 Å². The molecule has 0 aromatic heterocycles. The van der Waals surface area contributed by atoms with Gasteiger partial charge >= 0.3 is 31.1 Å². The first-order valence-electron chi connectivity index (χ1n) is 6.58. The first-order chi connectivity index (χ1) is 7.91. The summed E-state index contributed by atoms with van der Waals surface area (Å²) in [6, 6.07) is 0. The molecule has 0 atom stereocenters. The minimum absolute atomic E-state index is 0. The van der Waals surface area contributed by atoms with E-state index in [-0.39, 0.29) is 12.3 Å². The van der Waals surface area contributed by atoms with E-state index in [1.165, 1.54) is 64.2 Å². The summed E-state index contributed by atoms with van der Waals surface area (Å²) in [6.45, 7) is 4.56. The Labute approximate surface area is 121 Å². The van der Waals surface area contributed by atoms with Crippen LogP contribution in [0.15, 0.2) is 0 Å². The van der Waals surface area contributed by atoms with Crippen LogP contribution in [0.5, 0.6) is 0 Å². The molecule has 0 spiro atoms. The van der Waals surface area contributed by atoms with E-state index < -0.39 is 16.7 Å². The van der Waals surface area contributed by atoms with Gasteiger partial charge < -0.3 is 12.3 Å². The van der Waals surface area contributed by atoms with E-state index >= 15 is 0 Å². The zero-order valence-electron chi connectivity index (χ0n) is 13.1. The molecule has 0 aromatic carbocycles. The average Bonchev–Trinajstić information content (AvgIpc) is 2.20. The van der Waals surface area contributed by atoms with E-state index in [1.54, 1.807) is 0 Å². The molecule has 7 heteroatoms. The molecular formula is C12H34N2O4W. The van der Waals surface area contributed by atoms with Crippen LogP contribution in [0.2, 0.25) is 0 Å². The Kier molecular flexibility index (Phi) is 29.6. The maximum absolute atomic E-state index is 8.65. The number of hydrogen-bond donors (Lipinski definition) is 2. The second-order valence-corrected chi connectivity index (χ2v) is 7.17. The molecule has 19 heavy (non-hydrogen) atoms. The number of hydrogen-bond acceptors (Lipinski definition) is 4. The second-order valence-electron chi connectivity index (χ2n) is 4.24. The SMILES string of the molecule is CCCCCCCCCCCC.[NH4+].[NH4+].[O]=[W](=[O])([O-])[O-]. The Morgan fingerprint density at radius 1 is 0.632 bits per heavy atom. The third-order valence-electron chi connectivity index (χ3n) is 2.46. The molecule has 0 aliphatic heterocycles. The van der Waals surface area contributed by atoms with Crippen molar-refractivity contribution in [3.8, 4) is 0 Å². The zero-order valence-corrected chi connectivity index (χ0v) is 16.0. The van der Waals surface area contributed by atoms with Crippen molar-refractivity contribution in [1.82, 2.24) is 12.3 Å². The van der Waals surface area contributed by atoms with Crippen LogP contribution in [0.1, 0.15) is 78.1 Å². The summed E-state index contributed by atoms with van der Waals surface area (Å²) >= 11 is -6.17. The molecule has 0 saturated carbocycles. The van der Waals surface area contributed by atoms with Gasteiger partial charge in [0.2, 0.25) is 0 Å². The first kappa shape index (κ1) is 27.5. The van der Waals surface area contributed by atoms with Crippen LogP contribution >= 0.6 is 0 Å². The van der Waals surface area contributed by atoms with Crippen molar-refractivity contribution in [2.24, 2.45) is 0 Å². The molecule has 122 valence electrons. The summed E-state index contributed by atoms with van der Waals surface area (Å²) in [7, 11) is 0. The predicted octanol–water partition coefficient (Wildman–Crippen LogP) is 3.06. The molecule has 0 aromatic rings. The fourth-order valence-electron chi connectivity index (χ4n) is 1.56. The Balaban J connectivity index is -0.000000139. The van der Waals surface area contributed by atoms with Gasteiger partial charge in [0, 0.05) is 0 Å². The van der Waals surface area contributed by atoms with Crippen molar-refractivity contribution in [3.05, 3.63) is 0 Å². The Bertz CT molecular complexity index is 216.